The van der Waals surface area contributed by atoms with Crippen molar-refractivity contribution in [1.82, 2.24) is 10.3 Å². The summed E-state index contributed by atoms with van der Waals surface area (Å²) in [5.41, 5.74) is -2.35. The lowest BCUT2D eigenvalue weighted by Gasteiger charge is -2.12. The van der Waals surface area contributed by atoms with E-state index in [4.69, 9.17) is 0 Å². The van der Waals surface area contributed by atoms with E-state index in [-0.39, 0.29) is 11.7 Å². The van der Waals surface area contributed by atoms with E-state index in [2.05, 4.69) is 15.0 Å². The van der Waals surface area contributed by atoms with E-state index in [0.29, 0.717) is 0 Å². The zero-order valence-electron chi connectivity index (χ0n) is 13.7. The SMILES string of the molecule is COC(=O)c1ccc(F)c(-c2c(F)ccc(C(=O)NC(C)C)c2F)n1. The van der Waals surface area contributed by atoms with Crippen LogP contribution in [0, 0.1) is 17.5 Å². The fourth-order valence-electron chi connectivity index (χ4n) is 2.12. The van der Waals surface area contributed by atoms with Crippen LogP contribution in [0.3, 0.4) is 0 Å². The first-order chi connectivity index (χ1) is 11.8. The van der Waals surface area contributed by atoms with Gasteiger partial charge >= 0.3 is 5.97 Å². The molecule has 2 rings (SSSR count). The zero-order valence-corrected chi connectivity index (χ0v) is 13.7. The summed E-state index contributed by atoms with van der Waals surface area (Å²) in [6.45, 7) is 3.34. The van der Waals surface area contributed by atoms with Crippen molar-refractivity contribution < 1.29 is 27.5 Å². The van der Waals surface area contributed by atoms with Crippen molar-refractivity contribution in [3.8, 4) is 11.3 Å². The molecule has 1 aromatic carbocycles. The van der Waals surface area contributed by atoms with Crippen LogP contribution < -0.4 is 5.32 Å². The van der Waals surface area contributed by atoms with Gasteiger partial charge in [0.05, 0.1) is 18.2 Å². The third kappa shape index (κ3) is 3.78. The molecule has 0 spiro atoms. The van der Waals surface area contributed by atoms with Gasteiger partial charge in [0.1, 0.15) is 28.8 Å². The largest absolute Gasteiger partial charge is 0.464 e. The molecule has 132 valence electrons. The third-order valence-corrected chi connectivity index (χ3v) is 3.23. The van der Waals surface area contributed by atoms with E-state index in [1.807, 2.05) is 0 Å². The number of halogens is 3. The van der Waals surface area contributed by atoms with Crippen molar-refractivity contribution in [3.05, 3.63) is 53.0 Å². The molecule has 1 aromatic heterocycles. The molecule has 5 nitrogen and oxygen atoms in total. The monoisotopic (exact) mass is 352 g/mol. The quantitative estimate of drug-likeness (QED) is 0.859. The highest BCUT2D eigenvalue weighted by molar-refractivity contribution is 5.96. The molecule has 1 heterocycles. The van der Waals surface area contributed by atoms with E-state index in [1.165, 1.54) is 0 Å². The molecule has 2 aromatic rings. The smallest absolute Gasteiger partial charge is 0.356 e. The van der Waals surface area contributed by atoms with Crippen LogP contribution in [0.1, 0.15) is 34.7 Å². The minimum atomic E-state index is -1.27. The number of carbonyl (C=O) groups excluding carboxylic acids is 2. The number of esters is 1. The van der Waals surface area contributed by atoms with Gasteiger partial charge in [0.25, 0.3) is 5.91 Å². The molecule has 25 heavy (non-hydrogen) atoms. The number of ether oxygens (including phenoxy) is 1. The normalized spacial score (nSPS) is 10.7. The Kier molecular flexibility index (Phi) is 5.41. The molecule has 0 fully saturated rings. The van der Waals surface area contributed by atoms with Gasteiger partial charge in [0.15, 0.2) is 0 Å². The van der Waals surface area contributed by atoms with Crippen molar-refractivity contribution in [2.24, 2.45) is 0 Å². The number of pyridine rings is 1. The van der Waals surface area contributed by atoms with Gasteiger partial charge in [0, 0.05) is 6.04 Å². The van der Waals surface area contributed by atoms with E-state index >= 15 is 0 Å². The number of aromatic nitrogens is 1. The predicted molar refractivity (Wildman–Crippen MR) is 83.5 cm³/mol. The van der Waals surface area contributed by atoms with Crippen LogP contribution >= 0.6 is 0 Å². The van der Waals surface area contributed by atoms with Crippen LogP contribution in [0.25, 0.3) is 11.3 Å². The van der Waals surface area contributed by atoms with Crippen LogP contribution in [0.15, 0.2) is 24.3 Å². The van der Waals surface area contributed by atoms with Gasteiger partial charge in [0.2, 0.25) is 0 Å². The molecule has 0 radical (unpaired) electrons. The summed E-state index contributed by atoms with van der Waals surface area (Å²) >= 11 is 0. The average Bonchev–Trinajstić information content (AvgIpc) is 2.55. The molecule has 0 aliphatic rings. The van der Waals surface area contributed by atoms with Crippen molar-refractivity contribution in [1.29, 1.82) is 0 Å². The topological polar surface area (TPSA) is 68.3 Å². The summed E-state index contributed by atoms with van der Waals surface area (Å²) in [5.74, 6) is -5.11. The second kappa shape index (κ2) is 7.33. The van der Waals surface area contributed by atoms with E-state index in [1.54, 1.807) is 13.8 Å². The summed E-state index contributed by atoms with van der Waals surface area (Å²) in [5, 5.41) is 2.46. The summed E-state index contributed by atoms with van der Waals surface area (Å²) in [6, 6.07) is 3.37. The fourth-order valence-corrected chi connectivity index (χ4v) is 2.12. The minimum absolute atomic E-state index is 0.280. The maximum Gasteiger partial charge on any atom is 0.356 e. The first-order valence-corrected chi connectivity index (χ1v) is 7.30. The molecule has 1 amide bonds. The van der Waals surface area contributed by atoms with Crippen molar-refractivity contribution >= 4 is 11.9 Å². The molecule has 8 heteroatoms. The zero-order chi connectivity index (χ0) is 18.7. The highest BCUT2D eigenvalue weighted by atomic mass is 19.1. The standard InChI is InChI=1S/C17H15F3N2O3/c1-8(2)21-16(23)9-4-5-10(18)13(14(9)20)15-11(19)6-7-12(22-15)17(24)25-3/h4-8H,1-3H3,(H,21,23). The Bertz CT molecular complexity index is 838. The maximum atomic E-state index is 14.7. The van der Waals surface area contributed by atoms with Gasteiger partial charge < -0.3 is 10.1 Å². The number of methoxy groups -OCH3 is 1. The van der Waals surface area contributed by atoms with E-state index in [0.717, 1.165) is 31.4 Å². The number of nitrogens with one attached hydrogen (secondary N) is 1. The Morgan fingerprint density at radius 2 is 1.72 bits per heavy atom. The second-order valence-corrected chi connectivity index (χ2v) is 5.43. The van der Waals surface area contributed by atoms with Crippen LogP contribution in [0.4, 0.5) is 13.2 Å². The van der Waals surface area contributed by atoms with Crippen LogP contribution in [0.5, 0.6) is 0 Å². The van der Waals surface area contributed by atoms with Crippen LogP contribution in [-0.4, -0.2) is 30.0 Å². The van der Waals surface area contributed by atoms with Crippen molar-refractivity contribution in [2.75, 3.05) is 7.11 Å². The molecule has 1 N–H and O–H groups in total. The number of amides is 1. The van der Waals surface area contributed by atoms with Crippen molar-refractivity contribution in [3.63, 3.8) is 0 Å². The fraction of sp³-hybridized carbons (Fsp3) is 0.235. The summed E-state index contributed by atoms with van der Waals surface area (Å²) in [4.78, 5) is 27.2. The lowest BCUT2D eigenvalue weighted by Crippen LogP contribution is -2.31. The highest BCUT2D eigenvalue weighted by Gasteiger charge is 2.24. The Morgan fingerprint density at radius 3 is 2.32 bits per heavy atom. The number of hydrogen-bond acceptors (Lipinski definition) is 4. The van der Waals surface area contributed by atoms with E-state index < -0.39 is 46.1 Å². The van der Waals surface area contributed by atoms with Crippen LogP contribution in [-0.2, 0) is 4.74 Å². The number of nitrogens with zero attached hydrogens (tertiary/aromatic N) is 1. The second-order valence-electron chi connectivity index (χ2n) is 5.43. The predicted octanol–water partition coefficient (Wildman–Crippen LogP) is 3.09. The molecule has 0 aliphatic carbocycles. The molecule has 0 bridgehead atoms. The molecular weight excluding hydrogens is 337 g/mol. The van der Waals surface area contributed by atoms with Gasteiger partial charge in [-0.2, -0.15) is 0 Å². The molecule has 0 unspecified atom stereocenters. The Labute approximate surface area is 141 Å². The lowest BCUT2D eigenvalue weighted by molar-refractivity contribution is 0.0594. The summed E-state index contributed by atoms with van der Waals surface area (Å²) in [7, 11) is 1.09. The Morgan fingerprint density at radius 1 is 1.08 bits per heavy atom. The number of benzene rings is 1. The minimum Gasteiger partial charge on any atom is -0.464 e. The molecular formula is C17H15F3N2O3. The molecule has 0 aliphatic heterocycles. The molecule has 0 atom stereocenters. The molecule has 0 saturated carbocycles. The summed E-state index contributed by atoms with van der Waals surface area (Å²) in [6.07, 6.45) is 0. The third-order valence-electron chi connectivity index (χ3n) is 3.23. The van der Waals surface area contributed by atoms with Gasteiger partial charge in [-0.1, -0.05) is 0 Å². The number of rotatable bonds is 4. The van der Waals surface area contributed by atoms with E-state index in [9.17, 15) is 22.8 Å². The number of hydrogen-bond donors (Lipinski definition) is 1. The highest BCUT2D eigenvalue weighted by Crippen LogP contribution is 2.29. The summed E-state index contributed by atoms with van der Waals surface area (Å²) < 4.78 is 47.4. The first-order valence-electron chi connectivity index (χ1n) is 7.30. The Hall–Kier alpha value is -2.90. The van der Waals surface area contributed by atoms with Gasteiger partial charge in [-0.25, -0.2) is 22.9 Å². The Balaban J connectivity index is 2.63. The average molecular weight is 352 g/mol. The first kappa shape index (κ1) is 18.4. The van der Waals surface area contributed by atoms with Crippen LogP contribution in [0.2, 0.25) is 0 Å². The number of carbonyl (C=O) groups is 2. The van der Waals surface area contributed by atoms with Gasteiger partial charge in [-0.3, -0.25) is 4.79 Å². The lowest BCUT2D eigenvalue weighted by atomic mass is 10.0. The van der Waals surface area contributed by atoms with Gasteiger partial charge in [-0.15, -0.1) is 0 Å². The van der Waals surface area contributed by atoms with Gasteiger partial charge in [-0.05, 0) is 38.1 Å². The molecule has 0 saturated heterocycles. The maximum absolute atomic E-state index is 14.7. The van der Waals surface area contributed by atoms with Crippen molar-refractivity contribution in [2.45, 2.75) is 19.9 Å².